The van der Waals surface area contributed by atoms with Crippen molar-refractivity contribution in [2.75, 3.05) is 13.2 Å². The number of hydrogen-bond donors (Lipinski definition) is 2. The summed E-state index contributed by atoms with van der Waals surface area (Å²) < 4.78 is 6.22. The molecular formula is C13H15BrClNO3. The summed E-state index contributed by atoms with van der Waals surface area (Å²) >= 11 is 9.28. The molecule has 1 aromatic rings. The van der Waals surface area contributed by atoms with Crippen LogP contribution in [0.2, 0.25) is 5.02 Å². The monoisotopic (exact) mass is 347 g/mol. The summed E-state index contributed by atoms with van der Waals surface area (Å²) in [7, 11) is 0. The third kappa shape index (κ3) is 3.61. The molecule has 2 N–H and O–H groups in total. The fourth-order valence-electron chi connectivity index (χ4n) is 1.99. The van der Waals surface area contributed by atoms with Crippen LogP contribution in [0.5, 0.6) is 5.75 Å². The lowest BCUT2D eigenvalue weighted by Crippen LogP contribution is -2.57. The third-order valence-corrected chi connectivity index (χ3v) is 4.06. The first-order chi connectivity index (χ1) is 9.04. The van der Waals surface area contributed by atoms with E-state index in [2.05, 4.69) is 21.2 Å². The second-order valence-corrected chi connectivity index (χ2v) is 6.03. The number of carbonyl (C=O) groups is 1. The molecular weight excluding hydrogens is 334 g/mol. The lowest BCUT2D eigenvalue weighted by molar-refractivity contribution is -0.127. The van der Waals surface area contributed by atoms with E-state index in [9.17, 15) is 9.90 Å². The molecule has 0 saturated heterocycles. The first kappa shape index (κ1) is 14.6. The molecule has 0 heterocycles. The topological polar surface area (TPSA) is 58.6 Å². The smallest absolute Gasteiger partial charge is 0.258 e. The van der Waals surface area contributed by atoms with E-state index in [1.54, 1.807) is 18.2 Å². The maximum absolute atomic E-state index is 11.8. The van der Waals surface area contributed by atoms with Gasteiger partial charge in [0.25, 0.3) is 5.91 Å². The summed E-state index contributed by atoms with van der Waals surface area (Å²) in [4.78, 5) is 11.8. The maximum Gasteiger partial charge on any atom is 0.258 e. The van der Waals surface area contributed by atoms with E-state index in [0.29, 0.717) is 10.8 Å². The number of ether oxygens (including phenoxy) is 1. The van der Waals surface area contributed by atoms with Crippen molar-refractivity contribution in [3.8, 4) is 5.75 Å². The molecule has 0 unspecified atom stereocenters. The van der Waals surface area contributed by atoms with Crippen molar-refractivity contribution in [3.05, 3.63) is 27.7 Å². The van der Waals surface area contributed by atoms with Crippen LogP contribution >= 0.6 is 27.5 Å². The normalized spacial score (nSPS) is 16.6. The Kier molecular flexibility index (Phi) is 4.71. The largest absolute Gasteiger partial charge is 0.482 e. The van der Waals surface area contributed by atoms with Crippen molar-refractivity contribution >= 4 is 33.4 Å². The Morgan fingerprint density at radius 3 is 2.79 bits per heavy atom. The molecule has 1 amide bonds. The van der Waals surface area contributed by atoms with E-state index in [4.69, 9.17) is 16.3 Å². The fraction of sp³-hybridized carbons (Fsp3) is 0.462. The van der Waals surface area contributed by atoms with Crippen LogP contribution in [0, 0.1) is 0 Å². The number of carbonyl (C=O) groups excluding carboxylic acids is 1. The van der Waals surface area contributed by atoms with Gasteiger partial charge in [-0.3, -0.25) is 4.79 Å². The van der Waals surface area contributed by atoms with Crippen molar-refractivity contribution in [1.82, 2.24) is 5.32 Å². The van der Waals surface area contributed by atoms with Gasteiger partial charge in [0.15, 0.2) is 6.61 Å². The zero-order valence-electron chi connectivity index (χ0n) is 10.3. The van der Waals surface area contributed by atoms with Crippen molar-refractivity contribution in [2.45, 2.75) is 24.8 Å². The lowest BCUT2D eigenvalue weighted by Gasteiger charge is -2.40. The number of halogens is 2. The summed E-state index contributed by atoms with van der Waals surface area (Å²) in [6, 6.07) is 5.20. The zero-order chi connectivity index (χ0) is 13.9. The van der Waals surface area contributed by atoms with Gasteiger partial charge >= 0.3 is 0 Å². The Hall–Kier alpha value is -0.780. The van der Waals surface area contributed by atoms with E-state index in [1.165, 1.54) is 0 Å². The van der Waals surface area contributed by atoms with Gasteiger partial charge < -0.3 is 15.2 Å². The SMILES string of the molecule is O=C(COc1ccc(Br)cc1Cl)NC1(CO)CCC1. The minimum Gasteiger partial charge on any atom is -0.482 e. The summed E-state index contributed by atoms with van der Waals surface area (Å²) in [6.45, 7) is -0.138. The number of nitrogens with one attached hydrogen (secondary N) is 1. The van der Waals surface area contributed by atoms with Gasteiger partial charge in [-0.15, -0.1) is 0 Å². The van der Waals surface area contributed by atoms with Crippen molar-refractivity contribution in [2.24, 2.45) is 0 Å². The minimum absolute atomic E-state index is 0.0300. The Balaban J connectivity index is 1.86. The van der Waals surface area contributed by atoms with Crippen LogP contribution in [-0.4, -0.2) is 29.8 Å². The highest BCUT2D eigenvalue weighted by atomic mass is 79.9. The molecule has 4 nitrogen and oxygen atoms in total. The van der Waals surface area contributed by atoms with Crippen LogP contribution in [0.25, 0.3) is 0 Å². The molecule has 1 aliphatic rings. The number of rotatable bonds is 5. The Labute approximate surface area is 125 Å². The number of aliphatic hydroxyl groups is 1. The second-order valence-electron chi connectivity index (χ2n) is 4.70. The quantitative estimate of drug-likeness (QED) is 0.859. The Morgan fingerprint density at radius 1 is 1.53 bits per heavy atom. The molecule has 0 atom stereocenters. The summed E-state index contributed by atoms with van der Waals surface area (Å²) in [6.07, 6.45) is 2.66. The van der Waals surface area contributed by atoms with Crippen LogP contribution in [0.3, 0.4) is 0 Å². The fourth-order valence-corrected chi connectivity index (χ4v) is 2.72. The lowest BCUT2D eigenvalue weighted by atomic mass is 9.77. The highest BCUT2D eigenvalue weighted by molar-refractivity contribution is 9.10. The van der Waals surface area contributed by atoms with Gasteiger partial charge in [-0.05, 0) is 37.5 Å². The van der Waals surface area contributed by atoms with E-state index < -0.39 is 5.54 Å². The summed E-state index contributed by atoms with van der Waals surface area (Å²) in [5.41, 5.74) is -0.441. The molecule has 0 aliphatic heterocycles. The molecule has 2 rings (SSSR count). The molecule has 0 aromatic heterocycles. The van der Waals surface area contributed by atoms with Crippen LogP contribution in [0.1, 0.15) is 19.3 Å². The average molecular weight is 349 g/mol. The Morgan fingerprint density at radius 2 is 2.26 bits per heavy atom. The van der Waals surface area contributed by atoms with Gasteiger partial charge in [-0.2, -0.15) is 0 Å². The molecule has 1 fully saturated rings. The molecule has 6 heteroatoms. The molecule has 1 aromatic carbocycles. The van der Waals surface area contributed by atoms with E-state index in [1.807, 2.05) is 0 Å². The first-order valence-electron chi connectivity index (χ1n) is 6.04. The van der Waals surface area contributed by atoms with Crippen LogP contribution < -0.4 is 10.1 Å². The molecule has 0 bridgehead atoms. The highest BCUT2D eigenvalue weighted by Gasteiger charge is 2.37. The van der Waals surface area contributed by atoms with Gasteiger partial charge in [0.2, 0.25) is 0 Å². The van der Waals surface area contributed by atoms with Crippen molar-refractivity contribution in [1.29, 1.82) is 0 Å². The van der Waals surface area contributed by atoms with Crippen LogP contribution in [-0.2, 0) is 4.79 Å². The van der Waals surface area contributed by atoms with Gasteiger partial charge in [0.05, 0.1) is 17.2 Å². The second kappa shape index (κ2) is 6.11. The molecule has 1 saturated carbocycles. The Bertz CT molecular complexity index is 471. The minimum atomic E-state index is -0.441. The number of amides is 1. The molecule has 1 aliphatic carbocycles. The van der Waals surface area contributed by atoms with E-state index in [-0.39, 0.29) is 19.1 Å². The molecule has 19 heavy (non-hydrogen) atoms. The van der Waals surface area contributed by atoms with Gasteiger partial charge in [0, 0.05) is 4.47 Å². The van der Waals surface area contributed by atoms with E-state index in [0.717, 1.165) is 23.7 Å². The van der Waals surface area contributed by atoms with Gasteiger partial charge in [0.1, 0.15) is 5.75 Å². The first-order valence-corrected chi connectivity index (χ1v) is 7.21. The van der Waals surface area contributed by atoms with Gasteiger partial charge in [-0.1, -0.05) is 27.5 Å². The average Bonchev–Trinajstić information content (AvgIpc) is 2.33. The number of aliphatic hydroxyl groups excluding tert-OH is 1. The predicted molar refractivity (Wildman–Crippen MR) is 76.5 cm³/mol. The predicted octanol–water partition coefficient (Wildman–Crippen LogP) is 2.51. The van der Waals surface area contributed by atoms with Crippen molar-refractivity contribution in [3.63, 3.8) is 0 Å². The summed E-state index contributed by atoms with van der Waals surface area (Å²) in [5.74, 6) is 0.222. The van der Waals surface area contributed by atoms with Crippen LogP contribution in [0.15, 0.2) is 22.7 Å². The third-order valence-electron chi connectivity index (χ3n) is 3.27. The zero-order valence-corrected chi connectivity index (χ0v) is 12.6. The van der Waals surface area contributed by atoms with Gasteiger partial charge in [-0.25, -0.2) is 0 Å². The molecule has 0 radical (unpaired) electrons. The standard InChI is InChI=1S/C13H15BrClNO3/c14-9-2-3-11(10(15)6-9)19-7-12(18)16-13(8-17)4-1-5-13/h2-3,6,17H,1,4-5,7-8H2,(H,16,18). The highest BCUT2D eigenvalue weighted by Crippen LogP contribution is 2.31. The molecule has 0 spiro atoms. The van der Waals surface area contributed by atoms with Crippen LogP contribution in [0.4, 0.5) is 0 Å². The number of benzene rings is 1. The maximum atomic E-state index is 11.8. The van der Waals surface area contributed by atoms with Crippen molar-refractivity contribution < 1.29 is 14.6 Å². The number of hydrogen-bond acceptors (Lipinski definition) is 3. The summed E-state index contributed by atoms with van der Waals surface area (Å²) in [5, 5.41) is 12.5. The molecule has 104 valence electrons. The van der Waals surface area contributed by atoms with E-state index >= 15 is 0 Å².